The Kier molecular flexibility index (Phi) is 4.04. The molecule has 104 valence electrons. The number of hydrogen-bond donors (Lipinski definition) is 2. The third kappa shape index (κ3) is 2.86. The second kappa shape index (κ2) is 5.41. The van der Waals surface area contributed by atoms with Gasteiger partial charge < -0.3 is 10.8 Å². The third-order valence-electron chi connectivity index (χ3n) is 4.30. The van der Waals surface area contributed by atoms with E-state index < -0.39 is 11.9 Å². The van der Waals surface area contributed by atoms with Crippen LogP contribution in [-0.4, -0.2) is 11.1 Å². The minimum Gasteiger partial charge on any atom is -0.481 e. The SMILES string of the molecule is CC1(C(C(=O)O)c2cc(Cl)ccc2N)CCCCC1. The van der Waals surface area contributed by atoms with Crippen LogP contribution >= 0.6 is 11.6 Å². The van der Waals surface area contributed by atoms with E-state index in [-0.39, 0.29) is 5.41 Å². The van der Waals surface area contributed by atoms with Crippen molar-refractivity contribution in [3.8, 4) is 0 Å². The number of nitrogen functional groups attached to an aromatic ring is 1. The number of aliphatic carboxylic acids is 1. The van der Waals surface area contributed by atoms with Crippen molar-refractivity contribution >= 4 is 23.3 Å². The van der Waals surface area contributed by atoms with E-state index in [1.165, 1.54) is 6.42 Å². The van der Waals surface area contributed by atoms with Gasteiger partial charge in [-0.25, -0.2) is 0 Å². The van der Waals surface area contributed by atoms with Crippen LogP contribution in [0.15, 0.2) is 18.2 Å². The molecule has 0 bridgehead atoms. The standard InChI is InChI=1S/C15H20ClNO2/c1-15(7-3-2-4-8-15)13(14(18)19)11-9-10(16)5-6-12(11)17/h5-6,9,13H,2-4,7-8,17H2,1H3,(H,18,19). The first-order valence-corrected chi connectivity index (χ1v) is 7.09. The van der Waals surface area contributed by atoms with Gasteiger partial charge in [0, 0.05) is 10.7 Å². The quantitative estimate of drug-likeness (QED) is 0.821. The molecule has 1 aromatic rings. The van der Waals surface area contributed by atoms with Crippen LogP contribution in [0.1, 0.15) is 50.5 Å². The van der Waals surface area contributed by atoms with Gasteiger partial charge in [-0.3, -0.25) is 4.79 Å². The van der Waals surface area contributed by atoms with E-state index in [9.17, 15) is 9.90 Å². The van der Waals surface area contributed by atoms with Crippen molar-refractivity contribution in [3.63, 3.8) is 0 Å². The minimum atomic E-state index is -0.807. The largest absolute Gasteiger partial charge is 0.481 e. The summed E-state index contributed by atoms with van der Waals surface area (Å²) in [4.78, 5) is 11.8. The highest BCUT2D eigenvalue weighted by atomic mass is 35.5. The van der Waals surface area contributed by atoms with Crippen LogP contribution in [0, 0.1) is 5.41 Å². The molecule has 1 aliphatic rings. The van der Waals surface area contributed by atoms with Crippen LogP contribution in [0.5, 0.6) is 0 Å². The van der Waals surface area contributed by atoms with E-state index in [1.54, 1.807) is 18.2 Å². The fourth-order valence-corrected chi connectivity index (χ4v) is 3.43. The van der Waals surface area contributed by atoms with Gasteiger partial charge in [0.25, 0.3) is 0 Å². The summed E-state index contributed by atoms with van der Waals surface area (Å²) in [7, 11) is 0. The average molecular weight is 282 g/mol. The predicted molar refractivity (Wildman–Crippen MR) is 77.4 cm³/mol. The van der Waals surface area contributed by atoms with E-state index >= 15 is 0 Å². The smallest absolute Gasteiger partial charge is 0.311 e. The Morgan fingerprint density at radius 1 is 1.37 bits per heavy atom. The zero-order valence-corrected chi connectivity index (χ0v) is 11.9. The van der Waals surface area contributed by atoms with E-state index in [0.29, 0.717) is 16.3 Å². The van der Waals surface area contributed by atoms with Crippen LogP contribution < -0.4 is 5.73 Å². The lowest BCUT2D eigenvalue weighted by atomic mass is 9.65. The number of halogens is 1. The molecule has 1 fully saturated rings. The summed E-state index contributed by atoms with van der Waals surface area (Å²) in [6, 6.07) is 5.10. The zero-order chi connectivity index (χ0) is 14.0. The summed E-state index contributed by atoms with van der Waals surface area (Å²) >= 11 is 6.00. The van der Waals surface area contributed by atoms with Crippen molar-refractivity contribution in [1.82, 2.24) is 0 Å². The second-order valence-electron chi connectivity index (χ2n) is 5.76. The molecule has 0 aliphatic heterocycles. The Morgan fingerprint density at radius 3 is 2.58 bits per heavy atom. The molecule has 3 nitrogen and oxygen atoms in total. The Balaban J connectivity index is 2.45. The number of carboxylic acid groups (broad SMARTS) is 1. The number of benzene rings is 1. The van der Waals surface area contributed by atoms with Gasteiger partial charge in [-0.05, 0) is 42.0 Å². The van der Waals surface area contributed by atoms with Gasteiger partial charge in [-0.15, -0.1) is 0 Å². The molecule has 0 spiro atoms. The summed E-state index contributed by atoms with van der Waals surface area (Å²) in [5.74, 6) is -1.38. The van der Waals surface area contributed by atoms with Crippen molar-refractivity contribution in [2.75, 3.05) is 5.73 Å². The molecule has 0 saturated heterocycles. The maximum Gasteiger partial charge on any atom is 0.311 e. The van der Waals surface area contributed by atoms with Gasteiger partial charge in [-0.1, -0.05) is 37.8 Å². The molecule has 1 aromatic carbocycles. The molecule has 2 rings (SSSR count). The molecule has 3 N–H and O–H groups in total. The monoisotopic (exact) mass is 281 g/mol. The average Bonchev–Trinajstić information content (AvgIpc) is 2.34. The van der Waals surface area contributed by atoms with Gasteiger partial charge in [0.2, 0.25) is 0 Å². The Labute approximate surface area is 118 Å². The Bertz CT molecular complexity index is 481. The van der Waals surface area contributed by atoms with Crippen molar-refractivity contribution in [2.24, 2.45) is 5.41 Å². The minimum absolute atomic E-state index is 0.233. The second-order valence-corrected chi connectivity index (χ2v) is 6.20. The summed E-state index contributed by atoms with van der Waals surface area (Å²) in [5.41, 5.74) is 6.91. The molecule has 4 heteroatoms. The van der Waals surface area contributed by atoms with Gasteiger partial charge in [0.15, 0.2) is 0 Å². The van der Waals surface area contributed by atoms with Crippen LogP contribution in [0.4, 0.5) is 5.69 Å². The lowest BCUT2D eigenvalue weighted by Gasteiger charge is -2.39. The highest BCUT2D eigenvalue weighted by molar-refractivity contribution is 6.30. The number of carboxylic acids is 1. The molecule has 19 heavy (non-hydrogen) atoms. The molecular weight excluding hydrogens is 262 g/mol. The van der Waals surface area contributed by atoms with E-state index in [0.717, 1.165) is 25.7 Å². The molecule has 1 aliphatic carbocycles. The molecule has 1 atom stereocenters. The van der Waals surface area contributed by atoms with Crippen LogP contribution in [0.25, 0.3) is 0 Å². The molecule has 0 aromatic heterocycles. The van der Waals surface area contributed by atoms with Gasteiger partial charge in [0.05, 0.1) is 5.92 Å². The first-order valence-electron chi connectivity index (χ1n) is 6.72. The van der Waals surface area contributed by atoms with Gasteiger partial charge >= 0.3 is 5.97 Å². The highest BCUT2D eigenvalue weighted by Gasteiger charge is 2.41. The fraction of sp³-hybridized carbons (Fsp3) is 0.533. The number of hydrogen-bond acceptors (Lipinski definition) is 2. The van der Waals surface area contributed by atoms with Gasteiger partial charge in [0.1, 0.15) is 0 Å². The van der Waals surface area contributed by atoms with Crippen molar-refractivity contribution in [3.05, 3.63) is 28.8 Å². The number of rotatable bonds is 3. The first-order chi connectivity index (χ1) is 8.94. The van der Waals surface area contributed by atoms with E-state index in [4.69, 9.17) is 17.3 Å². The van der Waals surface area contributed by atoms with Crippen molar-refractivity contribution < 1.29 is 9.90 Å². The highest BCUT2D eigenvalue weighted by Crippen LogP contribution is 2.48. The molecule has 0 heterocycles. The molecule has 1 unspecified atom stereocenters. The van der Waals surface area contributed by atoms with Crippen LogP contribution in [0.3, 0.4) is 0 Å². The molecular formula is C15H20ClNO2. The van der Waals surface area contributed by atoms with Crippen molar-refractivity contribution in [1.29, 1.82) is 0 Å². The number of carbonyl (C=O) groups is 1. The third-order valence-corrected chi connectivity index (χ3v) is 4.53. The molecule has 0 radical (unpaired) electrons. The Morgan fingerprint density at radius 2 is 2.00 bits per heavy atom. The van der Waals surface area contributed by atoms with E-state index in [2.05, 4.69) is 6.92 Å². The zero-order valence-electron chi connectivity index (χ0n) is 11.2. The lowest BCUT2D eigenvalue weighted by molar-refractivity contribution is -0.142. The normalized spacial score (nSPS) is 19.9. The maximum absolute atomic E-state index is 11.8. The first kappa shape index (κ1) is 14.2. The summed E-state index contributed by atoms with van der Waals surface area (Å²) in [6.07, 6.45) is 5.21. The summed E-state index contributed by atoms with van der Waals surface area (Å²) in [5, 5.41) is 10.2. The predicted octanol–water partition coefficient (Wildman–Crippen LogP) is 4.06. The molecule has 1 saturated carbocycles. The number of anilines is 1. The fourth-order valence-electron chi connectivity index (χ4n) is 3.25. The van der Waals surface area contributed by atoms with Crippen LogP contribution in [-0.2, 0) is 4.79 Å². The van der Waals surface area contributed by atoms with Crippen LogP contribution in [0.2, 0.25) is 5.02 Å². The lowest BCUT2D eigenvalue weighted by Crippen LogP contribution is -2.34. The number of nitrogens with two attached hydrogens (primary N) is 1. The van der Waals surface area contributed by atoms with Gasteiger partial charge in [-0.2, -0.15) is 0 Å². The van der Waals surface area contributed by atoms with E-state index in [1.807, 2.05) is 0 Å². The summed E-state index contributed by atoms with van der Waals surface area (Å²) in [6.45, 7) is 2.06. The summed E-state index contributed by atoms with van der Waals surface area (Å²) < 4.78 is 0. The van der Waals surface area contributed by atoms with Crippen molar-refractivity contribution in [2.45, 2.75) is 44.9 Å². The maximum atomic E-state index is 11.8. The topological polar surface area (TPSA) is 63.3 Å². The Hall–Kier alpha value is -1.22. The molecule has 0 amide bonds.